The summed E-state index contributed by atoms with van der Waals surface area (Å²) in [6.07, 6.45) is 3.72. The van der Waals surface area contributed by atoms with Gasteiger partial charge in [-0.25, -0.2) is 4.39 Å². The number of fused-ring (bicyclic) bond motifs is 1. The largest absolute Gasteiger partial charge is 0.304 e. The van der Waals surface area contributed by atoms with E-state index in [-0.39, 0.29) is 5.82 Å². The van der Waals surface area contributed by atoms with Crippen molar-refractivity contribution >= 4 is 0 Å². The zero-order chi connectivity index (χ0) is 16.5. The monoisotopic (exact) mass is 324 g/mol. The first-order valence-electron chi connectivity index (χ1n) is 9.02. The molecule has 1 atom stereocenters. The van der Waals surface area contributed by atoms with Crippen molar-refractivity contribution in [1.82, 2.24) is 9.80 Å². The highest BCUT2D eigenvalue weighted by atomic mass is 19.1. The molecule has 0 N–H and O–H groups in total. The molecule has 1 unspecified atom stereocenters. The number of piperazine rings is 1. The highest BCUT2D eigenvalue weighted by Gasteiger charge is 2.28. The van der Waals surface area contributed by atoms with Gasteiger partial charge in [0.1, 0.15) is 5.82 Å². The molecule has 126 valence electrons. The molecule has 1 heterocycles. The molecule has 0 amide bonds. The van der Waals surface area contributed by atoms with Crippen LogP contribution in [-0.2, 0) is 6.42 Å². The van der Waals surface area contributed by atoms with Crippen LogP contribution in [0.15, 0.2) is 42.5 Å². The van der Waals surface area contributed by atoms with Gasteiger partial charge in [0.2, 0.25) is 0 Å². The Balaban J connectivity index is 1.65. The van der Waals surface area contributed by atoms with E-state index in [0.29, 0.717) is 6.04 Å². The van der Waals surface area contributed by atoms with E-state index in [9.17, 15) is 4.39 Å². The van der Waals surface area contributed by atoms with Gasteiger partial charge in [0.15, 0.2) is 0 Å². The molecule has 2 aromatic rings. The molecule has 0 spiro atoms. The van der Waals surface area contributed by atoms with E-state index in [4.69, 9.17) is 0 Å². The van der Waals surface area contributed by atoms with Crippen molar-refractivity contribution < 1.29 is 4.39 Å². The number of benzene rings is 2. The predicted octanol–water partition coefficient (Wildman–Crippen LogP) is 4.12. The molecule has 24 heavy (non-hydrogen) atoms. The second-order valence-electron chi connectivity index (χ2n) is 7.17. The SMILES string of the molecule is CN1CCN(C2CCCc3ccc(-c4ccc(F)cc4)cc32)CC1. The highest BCUT2D eigenvalue weighted by molar-refractivity contribution is 5.65. The standard InChI is InChI=1S/C21H25FN2/c1-23-11-13-24(14-12-23)21-4-2-3-17-5-6-18(15-20(17)21)16-7-9-19(22)10-8-16/h5-10,15,21H,2-4,11-14H2,1H3. The molecule has 1 fully saturated rings. The average molecular weight is 324 g/mol. The van der Waals surface area contributed by atoms with Crippen LogP contribution in [0.2, 0.25) is 0 Å². The van der Waals surface area contributed by atoms with E-state index < -0.39 is 0 Å². The van der Waals surface area contributed by atoms with Crippen molar-refractivity contribution in [1.29, 1.82) is 0 Å². The van der Waals surface area contributed by atoms with Crippen LogP contribution < -0.4 is 0 Å². The van der Waals surface area contributed by atoms with Crippen molar-refractivity contribution in [3.8, 4) is 11.1 Å². The molecule has 0 saturated carbocycles. The number of hydrogen-bond donors (Lipinski definition) is 0. The van der Waals surface area contributed by atoms with Gasteiger partial charge < -0.3 is 4.90 Å². The van der Waals surface area contributed by atoms with Crippen LogP contribution in [0.4, 0.5) is 4.39 Å². The molecule has 1 aliphatic carbocycles. The smallest absolute Gasteiger partial charge is 0.123 e. The molecule has 1 aliphatic heterocycles. The minimum Gasteiger partial charge on any atom is -0.304 e. The van der Waals surface area contributed by atoms with E-state index >= 15 is 0 Å². The Morgan fingerprint density at radius 3 is 2.38 bits per heavy atom. The maximum atomic E-state index is 13.2. The van der Waals surface area contributed by atoms with Gasteiger partial charge in [-0.2, -0.15) is 0 Å². The Bertz CT molecular complexity index is 702. The maximum Gasteiger partial charge on any atom is 0.123 e. The van der Waals surface area contributed by atoms with E-state index in [2.05, 4.69) is 35.0 Å². The lowest BCUT2D eigenvalue weighted by atomic mass is 9.84. The zero-order valence-electron chi connectivity index (χ0n) is 14.3. The number of nitrogens with zero attached hydrogens (tertiary/aromatic N) is 2. The summed E-state index contributed by atoms with van der Waals surface area (Å²) in [7, 11) is 2.21. The lowest BCUT2D eigenvalue weighted by Crippen LogP contribution is -2.46. The normalized spacial score (nSPS) is 22.3. The first-order valence-corrected chi connectivity index (χ1v) is 9.02. The van der Waals surface area contributed by atoms with Crippen LogP contribution >= 0.6 is 0 Å². The molecular weight excluding hydrogens is 299 g/mol. The molecule has 0 radical (unpaired) electrons. The quantitative estimate of drug-likeness (QED) is 0.820. The molecule has 3 heteroatoms. The number of likely N-dealkylation sites (N-methyl/N-ethyl adjacent to an activating group) is 1. The summed E-state index contributed by atoms with van der Waals surface area (Å²) in [6.45, 7) is 4.62. The van der Waals surface area contributed by atoms with Gasteiger partial charge >= 0.3 is 0 Å². The summed E-state index contributed by atoms with van der Waals surface area (Å²) in [5.41, 5.74) is 5.29. The molecule has 0 aromatic heterocycles. The maximum absolute atomic E-state index is 13.2. The highest BCUT2D eigenvalue weighted by Crippen LogP contribution is 2.37. The van der Waals surface area contributed by atoms with Crippen LogP contribution in [-0.4, -0.2) is 43.0 Å². The Morgan fingerprint density at radius 1 is 0.917 bits per heavy atom. The molecule has 2 nitrogen and oxygen atoms in total. The fourth-order valence-electron chi connectivity index (χ4n) is 4.11. The second-order valence-corrected chi connectivity index (χ2v) is 7.17. The van der Waals surface area contributed by atoms with E-state index in [1.807, 2.05) is 12.1 Å². The number of rotatable bonds is 2. The van der Waals surface area contributed by atoms with E-state index in [0.717, 1.165) is 31.7 Å². The molecule has 4 rings (SSSR count). The van der Waals surface area contributed by atoms with Crippen molar-refractivity contribution in [3.63, 3.8) is 0 Å². The number of aryl methyl sites for hydroxylation is 1. The van der Waals surface area contributed by atoms with Crippen LogP contribution in [0, 0.1) is 5.82 Å². The van der Waals surface area contributed by atoms with Crippen molar-refractivity contribution in [2.75, 3.05) is 33.2 Å². The third-order valence-electron chi connectivity index (χ3n) is 5.58. The Labute approximate surface area is 143 Å². The molecule has 2 aliphatic rings. The third kappa shape index (κ3) is 3.11. The first-order chi connectivity index (χ1) is 11.7. The average Bonchev–Trinajstić information content (AvgIpc) is 2.62. The molecule has 2 aromatic carbocycles. The van der Waals surface area contributed by atoms with E-state index in [1.165, 1.54) is 36.0 Å². The molecule has 1 saturated heterocycles. The molecular formula is C21H25FN2. The number of hydrogen-bond acceptors (Lipinski definition) is 2. The van der Waals surface area contributed by atoms with Gasteiger partial charge in [0.25, 0.3) is 0 Å². The summed E-state index contributed by atoms with van der Waals surface area (Å²) in [6, 6.07) is 14.2. The number of halogens is 1. The van der Waals surface area contributed by atoms with Crippen LogP contribution in [0.5, 0.6) is 0 Å². The van der Waals surface area contributed by atoms with Gasteiger partial charge in [0.05, 0.1) is 0 Å². The summed E-state index contributed by atoms with van der Waals surface area (Å²) in [5, 5.41) is 0. The predicted molar refractivity (Wildman–Crippen MR) is 96.6 cm³/mol. The lowest BCUT2D eigenvalue weighted by molar-refractivity contribution is 0.102. The lowest BCUT2D eigenvalue weighted by Gasteiger charge is -2.40. The second kappa shape index (κ2) is 6.66. The summed E-state index contributed by atoms with van der Waals surface area (Å²) < 4.78 is 13.2. The van der Waals surface area contributed by atoms with Crippen LogP contribution in [0.3, 0.4) is 0 Å². The van der Waals surface area contributed by atoms with Gasteiger partial charge in [0, 0.05) is 32.2 Å². The van der Waals surface area contributed by atoms with Gasteiger partial charge in [-0.1, -0.05) is 24.3 Å². The fourth-order valence-corrected chi connectivity index (χ4v) is 4.11. The summed E-state index contributed by atoms with van der Waals surface area (Å²) in [5.74, 6) is -0.174. The zero-order valence-corrected chi connectivity index (χ0v) is 14.3. The summed E-state index contributed by atoms with van der Waals surface area (Å²) in [4.78, 5) is 5.07. The Morgan fingerprint density at radius 2 is 1.62 bits per heavy atom. The van der Waals surface area contributed by atoms with Gasteiger partial charge in [-0.15, -0.1) is 0 Å². The van der Waals surface area contributed by atoms with Crippen molar-refractivity contribution in [3.05, 3.63) is 59.4 Å². The van der Waals surface area contributed by atoms with Crippen LogP contribution in [0.1, 0.15) is 30.0 Å². The van der Waals surface area contributed by atoms with E-state index in [1.54, 1.807) is 12.1 Å². The minimum absolute atomic E-state index is 0.174. The first kappa shape index (κ1) is 15.8. The third-order valence-corrected chi connectivity index (χ3v) is 5.58. The Kier molecular flexibility index (Phi) is 4.38. The van der Waals surface area contributed by atoms with Gasteiger partial charge in [-0.05, 0) is 66.8 Å². The van der Waals surface area contributed by atoms with Crippen molar-refractivity contribution in [2.45, 2.75) is 25.3 Å². The van der Waals surface area contributed by atoms with Crippen LogP contribution in [0.25, 0.3) is 11.1 Å². The minimum atomic E-state index is -0.174. The Hall–Kier alpha value is -1.71. The molecule has 0 bridgehead atoms. The topological polar surface area (TPSA) is 6.48 Å². The summed E-state index contributed by atoms with van der Waals surface area (Å²) >= 11 is 0. The van der Waals surface area contributed by atoms with Gasteiger partial charge in [-0.3, -0.25) is 4.90 Å². The van der Waals surface area contributed by atoms with Crippen molar-refractivity contribution in [2.24, 2.45) is 0 Å². The fraction of sp³-hybridized carbons (Fsp3) is 0.429.